The number of esters is 1. The van der Waals surface area contributed by atoms with Crippen molar-refractivity contribution in [1.82, 2.24) is 15.1 Å². The van der Waals surface area contributed by atoms with Crippen molar-refractivity contribution in [3.8, 4) is 0 Å². The number of rotatable bonds is 8. The lowest BCUT2D eigenvalue weighted by Crippen LogP contribution is -2.59. The van der Waals surface area contributed by atoms with Crippen LogP contribution in [0.4, 0.5) is 13.2 Å². The van der Waals surface area contributed by atoms with Crippen molar-refractivity contribution >= 4 is 39.6 Å². The first-order valence-corrected chi connectivity index (χ1v) is 14.8. The van der Waals surface area contributed by atoms with Crippen LogP contribution in [0.25, 0.3) is 0 Å². The highest BCUT2D eigenvalue weighted by Crippen LogP contribution is 2.45. The highest BCUT2D eigenvalue weighted by atomic mass is 79.9. The molecule has 3 amide bonds. The maximum atomic E-state index is 12.5. The molecule has 2 saturated carbocycles. The quantitative estimate of drug-likeness (QED) is 0.311. The fraction of sp³-hybridized carbons (Fsp3) is 0.484. The molecule has 43 heavy (non-hydrogen) atoms. The van der Waals surface area contributed by atoms with Gasteiger partial charge in [-0.25, -0.2) is 4.79 Å². The topological polar surface area (TPSA) is 96.0 Å². The number of halogens is 4. The van der Waals surface area contributed by atoms with E-state index in [0.29, 0.717) is 44.4 Å². The van der Waals surface area contributed by atoms with Crippen molar-refractivity contribution in [2.24, 2.45) is 0 Å². The third-order valence-corrected chi connectivity index (χ3v) is 8.24. The largest absolute Gasteiger partial charge is 0.464 e. The van der Waals surface area contributed by atoms with E-state index < -0.39 is 22.8 Å². The second-order valence-corrected chi connectivity index (χ2v) is 11.3. The molecular formula is C31H37BrF3N3O5. The summed E-state index contributed by atoms with van der Waals surface area (Å²) in [6, 6.07) is 12.7. The molecule has 1 aliphatic heterocycles. The number of carbonyl (C=O) groups excluding carboxylic acids is 4. The second kappa shape index (κ2) is 13.5. The van der Waals surface area contributed by atoms with Gasteiger partial charge in [-0.2, -0.15) is 13.2 Å². The molecule has 1 N–H and O–H groups in total. The van der Waals surface area contributed by atoms with E-state index in [1.807, 2.05) is 31.2 Å². The molecule has 1 heterocycles. The van der Waals surface area contributed by atoms with Gasteiger partial charge in [-0.15, -0.1) is 0 Å². The standard InChI is InChI=1S/C16H20BrNO3.C14H13F3N2O2.CH4/c1-3-21-15(20)16(8-9-16)18(14(19)10-17)11-13-6-4-12(2)5-7-13;15-14(16,17)10-3-1-9(2-4-10)8-19-11(20)7-18-12(21)13(19)5-6-13;/h4-7H,3,8-11H2,1-2H3;1-4H,5-8H2,(H,18,21);1H4. The highest BCUT2D eigenvalue weighted by Gasteiger charge is 2.59. The van der Waals surface area contributed by atoms with E-state index >= 15 is 0 Å². The molecule has 8 nitrogen and oxygen atoms in total. The number of ether oxygens (including phenoxy) is 1. The monoisotopic (exact) mass is 667 g/mol. The molecule has 5 rings (SSSR count). The summed E-state index contributed by atoms with van der Waals surface area (Å²) in [4.78, 5) is 51.4. The van der Waals surface area contributed by atoms with Crippen molar-refractivity contribution in [3.63, 3.8) is 0 Å². The molecule has 2 aromatic rings. The predicted molar refractivity (Wildman–Crippen MR) is 158 cm³/mol. The summed E-state index contributed by atoms with van der Waals surface area (Å²) in [5.41, 5.74) is 0.505. The number of carbonyl (C=O) groups is 4. The van der Waals surface area contributed by atoms with Gasteiger partial charge in [-0.1, -0.05) is 65.3 Å². The summed E-state index contributed by atoms with van der Waals surface area (Å²) in [5.74, 6) is -0.742. The summed E-state index contributed by atoms with van der Waals surface area (Å²) >= 11 is 3.21. The van der Waals surface area contributed by atoms with Crippen molar-refractivity contribution < 1.29 is 37.1 Å². The Morgan fingerprint density at radius 2 is 1.58 bits per heavy atom. The fourth-order valence-corrected chi connectivity index (χ4v) is 5.31. The van der Waals surface area contributed by atoms with Crippen molar-refractivity contribution in [1.29, 1.82) is 0 Å². The van der Waals surface area contributed by atoms with Crippen molar-refractivity contribution in [3.05, 3.63) is 70.8 Å². The van der Waals surface area contributed by atoms with Crippen LogP contribution in [0, 0.1) is 6.92 Å². The van der Waals surface area contributed by atoms with Crippen LogP contribution >= 0.6 is 15.9 Å². The van der Waals surface area contributed by atoms with Crippen molar-refractivity contribution in [2.75, 3.05) is 18.5 Å². The average Bonchev–Trinajstić information content (AvgIpc) is 3.89. The van der Waals surface area contributed by atoms with Crippen LogP contribution in [0.1, 0.15) is 62.3 Å². The molecule has 1 saturated heterocycles. The first-order valence-electron chi connectivity index (χ1n) is 13.7. The van der Waals surface area contributed by atoms with E-state index in [1.54, 1.807) is 11.8 Å². The zero-order valence-corrected chi connectivity index (χ0v) is 25.0. The Bertz CT molecular complexity index is 1320. The maximum Gasteiger partial charge on any atom is 0.416 e. The Labute approximate surface area is 258 Å². The molecule has 234 valence electrons. The normalized spacial score (nSPS) is 17.6. The number of hydrogen-bond acceptors (Lipinski definition) is 5. The molecule has 3 fully saturated rings. The van der Waals surface area contributed by atoms with Crippen LogP contribution in [-0.4, -0.2) is 63.1 Å². The molecule has 0 bridgehead atoms. The number of alkyl halides is 4. The van der Waals surface area contributed by atoms with Gasteiger partial charge in [0.25, 0.3) is 0 Å². The first-order chi connectivity index (χ1) is 19.9. The summed E-state index contributed by atoms with van der Waals surface area (Å²) < 4.78 is 42.7. The zero-order valence-electron chi connectivity index (χ0n) is 23.4. The van der Waals surface area contributed by atoms with Gasteiger partial charge in [0.1, 0.15) is 11.1 Å². The third kappa shape index (κ3) is 7.57. The van der Waals surface area contributed by atoms with Gasteiger partial charge >= 0.3 is 12.1 Å². The van der Waals surface area contributed by atoms with E-state index in [2.05, 4.69) is 21.2 Å². The Morgan fingerprint density at radius 1 is 1.00 bits per heavy atom. The minimum absolute atomic E-state index is 0. The second-order valence-electron chi connectivity index (χ2n) is 10.7. The lowest BCUT2D eigenvalue weighted by Gasteiger charge is -2.35. The Hall–Kier alpha value is -3.41. The molecule has 12 heteroatoms. The first kappa shape index (κ1) is 34.1. The minimum Gasteiger partial charge on any atom is -0.464 e. The smallest absolute Gasteiger partial charge is 0.416 e. The molecule has 2 aliphatic carbocycles. The fourth-order valence-electron chi connectivity index (χ4n) is 5.01. The Balaban J connectivity index is 0.000000230. The van der Waals surface area contributed by atoms with Crippen LogP contribution in [0.5, 0.6) is 0 Å². The van der Waals surface area contributed by atoms with Gasteiger partial charge in [-0.3, -0.25) is 14.4 Å². The lowest BCUT2D eigenvalue weighted by atomic mass is 10.1. The van der Waals surface area contributed by atoms with Gasteiger partial charge < -0.3 is 19.9 Å². The van der Waals surface area contributed by atoms with Crippen LogP contribution in [0.3, 0.4) is 0 Å². The summed E-state index contributed by atoms with van der Waals surface area (Å²) in [6.45, 7) is 4.67. The van der Waals surface area contributed by atoms with Crippen molar-refractivity contribution in [2.45, 2.75) is 77.3 Å². The van der Waals surface area contributed by atoms with Gasteiger partial charge in [-0.05, 0) is 62.8 Å². The Kier molecular flexibility index (Phi) is 10.7. The molecule has 0 atom stereocenters. The minimum atomic E-state index is -4.38. The van der Waals surface area contributed by atoms with Crippen LogP contribution in [0.15, 0.2) is 48.5 Å². The van der Waals surface area contributed by atoms with E-state index in [1.165, 1.54) is 22.6 Å². The Morgan fingerprint density at radius 3 is 2.07 bits per heavy atom. The number of nitrogens with one attached hydrogen (secondary N) is 1. The highest BCUT2D eigenvalue weighted by molar-refractivity contribution is 9.09. The molecule has 2 aromatic carbocycles. The number of benzene rings is 2. The summed E-state index contributed by atoms with van der Waals surface area (Å²) in [6.07, 6.45) is -1.82. The SMILES string of the molecule is C.CCOC(=O)C1(N(Cc2ccc(C)cc2)C(=O)CBr)CC1.O=C1CNC(=O)C2(CC2)N1Cc1ccc(C(F)(F)F)cc1. The van der Waals surface area contributed by atoms with Crippen LogP contribution in [-0.2, 0) is 43.2 Å². The van der Waals surface area contributed by atoms with E-state index in [-0.39, 0.29) is 49.5 Å². The summed E-state index contributed by atoms with van der Waals surface area (Å²) in [5, 5.41) is 2.76. The van der Waals surface area contributed by atoms with E-state index in [4.69, 9.17) is 4.74 Å². The molecule has 0 radical (unpaired) electrons. The number of amides is 3. The van der Waals surface area contributed by atoms with Gasteiger partial charge in [0.2, 0.25) is 17.7 Å². The van der Waals surface area contributed by atoms with E-state index in [9.17, 15) is 32.3 Å². The third-order valence-electron chi connectivity index (χ3n) is 7.76. The molecule has 0 unspecified atom stereocenters. The summed E-state index contributed by atoms with van der Waals surface area (Å²) in [7, 11) is 0. The van der Waals surface area contributed by atoms with Gasteiger partial charge in [0, 0.05) is 13.1 Å². The predicted octanol–water partition coefficient (Wildman–Crippen LogP) is 5.15. The number of aryl methyl sites for hydroxylation is 1. The number of piperazine rings is 1. The lowest BCUT2D eigenvalue weighted by molar-refractivity contribution is -0.156. The van der Waals surface area contributed by atoms with Crippen LogP contribution in [0.2, 0.25) is 0 Å². The average molecular weight is 669 g/mol. The zero-order chi connectivity index (χ0) is 30.7. The molecular weight excluding hydrogens is 631 g/mol. The number of nitrogens with zero attached hydrogens (tertiary/aromatic N) is 2. The molecule has 1 spiro atoms. The number of hydrogen-bond donors (Lipinski definition) is 1. The van der Waals surface area contributed by atoms with Crippen LogP contribution < -0.4 is 5.32 Å². The molecule has 0 aromatic heterocycles. The van der Waals surface area contributed by atoms with Gasteiger partial charge in [0.05, 0.1) is 24.0 Å². The van der Waals surface area contributed by atoms with E-state index in [0.717, 1.165) is 17.7 Å². The maximum absolute atomic E-state index is 12.5. The van der Waals surface area contributed by atoms with Gasteiger partial charge in [0.15, 0.2) is 0 Å². The molecule has 3 aliphatic rings.